The minimum atomic E-state index is -0.859. The van der Waals surface area contributed by atoms with Crippen molar-refractivity contribution >= 4 is 44.7 Å². The van der Waals surface area contributed by atoms with Crippen LogP contribution in [0.2, 0.25) is 5.02 Å². The van der Waals surface area contributed by atoms with Gasteiger partial charge in [-0.25, -0.2) is 10.4 Å². The number of carboxylic acid groups (broad SMARTS) is 1. The van der Waals surface area contributed by atoms with Gasteiger partial charge in [0.25, 0.3) is 0 Å². The number of para-hydroxylation sites is 1. The van der Waals surface area contributed by atoms with Crippen LogP contribution in [0, 0.1) is 5.92 Å². The molecule has 2 heterocycles. The number of hydrogen-bond donors (Lipinski definition) is 3. The van der Waals surface area contributed by atoms with Gasteiger partial charge in [0.2, 0.25) is 0 Å². The predicted octanol–water partition coefficient (Wildman–Crippen LogP) is 4.27. The largest absolute Gasteiger partial charge is 0.481 e. The molecule has 1 aromatic heterocycles. The average molecular weight is 400 g/mol. The molecule has 4 rings (SSSR count). The summed E-state index contributed by atoms with van der Waals surface area (Å²) in [7, 11) is 0. The van der Waals surface area contributed by atoms with E-state index in [0.717, 1.165) is 26.4 Å². The molecular formula is C20H18ClN3O2S. The summed E-state index contributed by atoms with van der Waals surface area (Å²) in [6, 6.07) is 15.6. The lowest BCUT2D eigenvalue weighted by atomic mass is 9.92. The van der Waals surface area contributed by atoms with Crippen LogP contribution in [0.15, 0.2) is 54.6 Å². The van der Waals surface area contributed by atoms with Gasteiger partial charge in [-0.2, -0.15) is 0 Å². The number of hydrogen-bond acceptors (Lipinski definition) is 5. The molecule has 1 saturated heterocycles. The van der Waals surface area contributed by atoms with Crippen LogP contribution in [0.3, 0.4) is 0 Å². The molecule has 138 valence electrons. The molecule has 0 radical (unpaired) electrons. The molecule has 2 atom stereocenters. The van der Waals surface area contributed by atoms with E-state index in [0.29, 0.717) is 11.6 Å². The molecule has 1 aliphatic heterocycles. The number of thiazole rings is 1. The highest BCUT2D eigenvalue weighted by Gasteiger charge is 2.28. The summed E-state index contributed by atoms with van der Waals surface area (Å²) >= 11 is 7.52. The molecule has 27 heavy (non-hydrogen) atoms. The van der Waals surface area contributed by atoms with Gasteiger partial charge >= 0.3 is 5.97 Å². The first kappa shape index (κ1) is 18.1. The van der Waals surface area contributed by atoms with Crippen molar-refractivity contribution in [2.75, 3.05) is 6.54 Å². The van der Waals surface area contributed by atoms with Gasteiger partial charge in [0.1, 0.15) is 5.01 Å². The Morgan fingerprint density at radius 1 is 1.26 bits per heavy atom. The zero-order chi connectivity index (χ0) is 18.8. The molecule has 0 amide bonds. The Balaban J connectivity index is 1.69. The lowest BCUT2D eigenvalue weighted by Crippen LogP contribution is -2.24. The van der Waals surface area contributed by atoms with Crippen molar-refractivity contribution in [3.8, 4) is 0 Å². The topological polar surface area (TPSA) is 74.2 Å². The van der Waals surface area contributed by atoms with Crippen molar-refractivity contribution in [3.63, 3.8) is 0 Å². The van der Waals surface area contributed by atoms with E-state index in [-0.39, 0.29) is 18.4 Å². The number of hydrazine groups is 1. The van der Waals surface area contributed by atoms with Crippen molar-refractivity contribution in [2.24, 2.45) is 5.92 Å². The summed E-state index contributed by atoms with van der Waals surface area (Å²) in [5, 5.41) is 10.9. The number of aromatic nitrogens is 1. The second-order valence-electron chi connectivity index (χ2n) is 6.47. The molecule has 7 heteroatoms. The molecule has 0 aliphatic carbocycles. The van der Waals surface area contributed by atoms with Crippen LogP contribution in [0.4, 0.5) is 0 Å². The van der Waals surface area contributed by atoms with Crippen molar-refractivity contribution in [3.05, 3.63) is 70.2 Å². The van der Waals surface area contributed by atoms with Gasteiger partial charge in [-0.3, -0.25) is 10.2 Å². The van der Waals surface area contributed by atoms with Crippen LogP contribution < -0.4 is 10.9 Å². The molecule has 0 bridgehead atoms. The van der Waals surface area contributed by atoms with Crippen LogP contribution in [0.5, 0.6) is 0 Å². The van der Waals surface area contributed by atoms with Gasteiger partial charge in [-0.1, -0.05) is 41.9 Å². The van der Waals surface area contributed by atoms with E-state index in [1.54, 1.807) is 0 Å². The second kappa shape index (κ2) is 7.78. The van der Waals surface area contributed by atoms with Crippen molar-refractivity contribution < 1.29 is 9.90 Å². The maximum absolute atomic E-state index is 11.5. The zero-order valence-electron chi connectivity index (χ0n) is 14.4. The van der Waals surface area contributed by atoms with Gasteiger partial charge < -0.3 is 5.11 Å². The highest BCUT2D eigenvalue weighted by molar-refractivity contribution is 7.19. The van der Waals surface area contributed by atoms with Gasteiger partial charge in [-0.05, 0) is 35.4 Å². The van der Waals surface area contributed by atoms with E-state index in [4.69, 9.17) is 11.6 Å². The summed E-state index contributed by atoms with van der Waals surface area (Å²) < 4.78 is 1.06. The molecule has 3 N–H and O–H groups in total. The maximum atomic E-state index is 11.5. The van der Waals surface area contributed by atoms with Gasteiger partial charge in [0.05, 0.1) is 22.7 Å². The Morgan fingerprint density at radius 3 is 2.78 bits per heavy atom. The Hall–Kier alpha value is -2.25. The minimum absolute atomic E-state index is 0.0421. The quantitative estimate of drug-likeness (QED) is 0.597. The van der Waals surface area contributed by atoms with Crippen molar-refractivity contribution in [2.45, 2.75) is 12.5 Å². The highest BCUT2D eigenvalue weighted by Crippen LogP contribution is 2.33. The SMILES string of the molecule is O=C(O)C/C(=C/C1CNNC1c1ccc(Cl)cc1)c1nc2ccccc2s1. The Kier molecular flexibility index (Phi) is 5.22. The van der Waals surface area contributed by atoms with E-state index >= 15 is 0 Å². The van der Waals surface area contributed by atoms with Crippen LogP contribution in [0.1, 0.15) is 23.0 Å². The molecule has 2 unspecified atom stereocenters. The number of rotatable bonds is 5. The average Bonchev–Trinajstić information content (AvgIpc) is 3.28. The third kappa shape index (κ3) is 4.04. The number of carbonyl (C=O) groups is 1. The van der Waals surface area contributed by atoms with Gasteiger partial charge in [0, 0.05) is 17.5 Å². The van der Waals surface area contributed by atoms with Gasteiger partial charge in [0.15, 0.2) is 0 Å². The maximum Gasteiger partial charge on any atom is 0.307 e. The third-order valence-corrected chi connectivity index (χ3v) is 5.94. The molecule has 2 aromatic carbocycles. The Bertz CT molecular complexity index is 967. The fourth-order valence-electron chi connectivity index (χ4n) is 3.30. The summed E-state index contributed by atoms with van der Waals surface area (Å²) in [6.45, 7) is 0.710. The number of halogens is 1. The smallest absolute Gasteiger partial charge is 0.307 e. The number of nitrogens with one attached hydrogen (secondary N) is 2. The monoisotopic (exact) mass is 399 g/mol. The summed E-state index contributed by atoms with van der Waals surface area (Å²) in [4.78, 5) is 16.1. The third-order valence-electron chi connectivity index (χ3n) is 4.58. The second-order valence-corrected chi connectivity index (χ2v) is 7.93. The van der Waals surface area contributed by atoms with E-state index in [9.17, 15) is 9.90 Å². The lowest BCUT2D eigenvalue weighted by molar-refractivity contribution is -0.135. The fourth-order valence-corrected chi connectivity index (χ4v) is 4.42. The standard InChI is InChI=1S/C20H18ClN3O2S/c21-15-7-5-12(6-8-15)19-14(11-22-24-19)9-13(10-18(25)26)20-23-16-3-1-2-4-17(16)27-20/h1-9,14,19,22,24H,10-11H2,(H,25,26)/b13-9-. The minimum Gasteiger partial charge on any atom is -0.481 e. The first-order chi connectivity index (χ1) is 13.1. The summed E-state index contributed by atoms with van der Waals surface area (Å²) in [5.41, 5.74) is 9.20. The molecule has 0 spiro atoms. The van der Waals surface area contributed by atoms with Crippen LogP contribution >= 0.6 is 22.9 Å². The molecule has 0 saturated carbocycles. The molecule has 5 nitrogen and oxygen atoms in total. The Morgan fingerprint density at radius 2 is 2.04 bits per heavy atom. The number of carboxylic acids is 1. The van der Waals surface area contributed by atoms with Crippen molar-refractivity contribution in [1.29, 1.82) is 0 Å². The zero-order valence-corrected chi connectivity index (χ0v) is 15.9. The first-order valence-electron chi connectivity index (χ1n) is 8.62. The summed E-state index contributed by atoms with van der Waals surface area (Å²) in [6.07, 6.45) is 1.99. The van der Waals surface area contributed by atoms with Gasteiger partial charge in [-0.15, -0.1) is 11.3 Å². The van der Waals surface area contributed by atoms with Crippen LogP contribution in [-0.4, -0.2) is 22.6 Å². The molecule has 3 aromatic rings. The number of aliphatic carboxylic acids is 1. The van der Waals surface area contributed by atoms with Crippen molar-refractivity contribution in [1.82, 2.24) is 15.8 Å². The van der Waals surface area contributed by atoms with Crippen LogP contribution in [-0.2, 0) is 4.79 Å². The van der Waals surface area contributed by atoms with Crippen LogP contribution in [0.25, 0.3) is 15.8 Å². The normalized spacial score (nSPS) is 20.3. The number of fused-ring (bicyclic) bond motifs is 1. The number of benzene rings is 2. The Labute approximate surface area is 165 Å². The van der Waals surface area contributed by atoms with E-state index in [1.165, 1.54) is 11.3 Å². The lowest BCUT2D eigenvalue weighted by Gasteiger charge is -2.17. The van der Waals surface area contributed by atoms with E-state index in [2.05, 4.69) is 15.8 Å². The van der Waals surface area contributed by atoms with E-state index < -0.39 is 5.97 Å². The summed E-state index contributed by atoms with van der Waals surface area (Å²) in [5.74, 6) is -0.755. The fraction of sp³-hybridized carbons (Fsp3) is 0.200. The molecule has 1 fully saturated rings. The number of nitrogens with zero attached hydrogens (tertiary/aromatic N) is 1. The molecular weight excluding hydrogens is 382 g/mol. The molecule has 1 aliphatic rings. The predicted molar refractivity (Wildman–Crippen MR) is 109 cm³/mol. The van der Waals surface area contributed by atoms with E-state index in [1.807, 2.05) is 54.6 Å². The highest BCUT2D eigenvalue weighted by atomic mass is 35.5. The first-order valence-corrected chi connectivity index (χ1v) is 9.82.